The van der Waals surface area contributed by atoms with Crippen LogP contribution in [-0.4, -0.2) is 19.3 Å². The van der Waals surface area contributed by atoms with Crippen LogP contribution in [0.3, 0.4) is 0 Å². The van der Waals surface area contributed by atoms with E-state index in [-0.39, 0.29) is 0 Å². The van der Waals surface area contributed by atoms with E-state index in [2.05, 4.69) is 36.6 Å². The van der Waals surface area contributed by atoms with Crippen LogP contribution in [0.4, 0.5) is 0 Å². The van der Waals surface area contributed by atoms with Gasteiger partial charge in [0.15, 0.2) is 0 Å². The molecule has 0 radical (unpaired) electrons. The van der Waals surface area contributed by atoms with Crippen molar-refractivity contribution in [3.63, 3.8) is 0 Å². The Hall–Kier alpha value is -0.900. The van der Waals surface area contributed by atoms with Crippen molar-refractivity contribution in [1.82, 2.24) is 5.43 Å². The van der Waals surface area contributed by atoms with Gasteiger partial charge in [-0.2, -0.15) is 0 Å². The van der Waals surface area contributed by atoms with Gasteiger partial charge < -0.3 is 4.74 Å². The minimum Gasteiger partial charge on any atom is -0.381 e. The second kappa shape index (κ2) is 6.15. The summed E-state index contributed by atoms with van der Waals surface area (Å²) in [6.07, 6.45) is 3.23. The lowest BCUT2D eigenvalue weighted by Crippen LogP contribution is -2.44. The third-order valence-corrected chi connectivity index (χ3v) is 3.63. The first-order valence-corrected chi connectivity index (χ1v) is 6.39. The molecule has 1 saturated heterocycles. The van der Waals surface area contributed by atoms with E-state index >= 15 is 0 Å². The molecule has 2 rings (SSSR count). The Balaban J connectivity index is 1.96. The minimum absolute atomic E-state index is 0.363. The van der Waals surface area contributed by atoms with Crippen LogP contribution in [0.5, 0.6) is 0 Å². The molecule has 1 heterocycles. The fraction of sp³-hybridized carbons (Fsp3) is 0.571. The fourth-order valence-corrected chi connectivity index (χ4v) is 2.46. The van der Waals surface area contributed by atoms with Crippen LogP contribution in [0, 0.1) is 12.8 Å². The molecule has 0 saturated carbocycles. The van der Waals surface area contributed by atoms with E-state index in [9.17, 15) is 0 Å². The number of hydrogen-bond acceptors (Lipinski definition) is 3. The number of hydrogen-bond donors (Lipinski definition) is 2. The lowest BCUT2D eigenvalue weighted by atomic mass is 9.88. The van der Waals surface area contributed by atoms with Gasteiger partial charge in [0.2, 0.25) is 0 Å². The molecule has 1 atom stereocenters. The van der Waals surface area contributed by atoms with Gasteiger partial charge in [-0.25, -0.2) is 0 Å². The average molecular weight is 234 g/mol. The Labute approximate surface area is 103 Å². The maximum atomic E-state index is 5.69. The smallest absolute Gasteiger partial charge is 0.0469 e. The second-order valence-corrected chi connectivity index (χ2v) is 4.91. The quantitative estimate of drug-likeness (QED) is 0.617. The Morgan fingerprint density at radius 1 is 1.29 bits per heavy atom. The van der Waals surface area contributed by atoms with Crippen LogP contribution < -0.4 is 11.3 Å². The molecule has 0 aromatic heterocycles. The van der Waals surface area contributed by atoms with E-state index in [0.29, 0.717) is 12.0 Å². The molecule has 1 unspecified atom stereocenters. The Morgan fingerprint density at radius 2 is 1.94 bits per heavy atom. The molecule has 0 amide bonds. The van der Waals surface area contributed by atoms with Crippen LogP contribution in [0.15, 0.2) is 24.3 Å². The molecule has 94 valence electrons. The highest BCUT2D eigenvalue weighted by atomic mass is 16.5. The molecule has 17 heavy (non-hydrogen) atoms. The highest BCUT2D eigenvalue weighted by molar-refractivity contribution is 5.22. The number of hydrazine groups is 1. The van der Waals surface area contributed by atoms with Gasteiger partial charge in [-0.05, 0) is 37.7 Å². The van der Waals surface area contributed by atoms with Gasteiger partial charge in [-0.1, -0.05) is 29.8 Å². The third kappa shape index (κ3) is 3.53. The number of aryl methyl sites for hydroxylation is 1. The lowest BCUT2D eigenvalue weighted by Gasteiger charge is -2.29. The zero-order valence-electron chi connectivity index (χ0n) is 10.5. The predicted molar refractivity (Wildman–Crippen MR) is 69.5 cm³/mol. The van der Waals surface area contributed by atoms with Crippen LogP contribution in [0.25, 0.3) is 0 Å². The van der Waals surface area contributed by atoms with E-state index in [1.165, 1.54) is 11.1 Å². The Bertz CT molecular complexity index is 331. The topological polar surface area (TPSA) is 47.3 Å². The summed E-state index contributed by atoms with van der Waals surface area (Å²) in [4.78, 5) is 0. The van der Waals surface area contributed by atoms with E-state index in [1.54, 1.807) is 0 Å². The summed E-state index contributed by atoms with van der Waals surface area (Å²) >= 11 is 0. The molecular formula is C14H22N2O. The molecule has 1 fully saturated rings. The van der Waals surface area contributed by atoms with Gasteiger partial charge in [-0.3, -0.25) is 11.3 Å². The van der Waals surface area contributed by atoms with Crippen molar-refractivity contribution in [1.29, 1.82) is 0 Å². The highest BCUT2D eigenvalue weighted by Crippen LogP contribution is 2.21. The molecule has 1 aliphatic rings. The molecule has 1 aromatic carbocycles. The molecule has 0 bridgehead atoms. The number of ether oxygens (including phenoxy) is 1. The standard InChI is InChI=1S/C14H22N2O/c1-11-2-4-12(5-3-11)10-14(16-15)13-6-8-17-9-7-13/h2-5,13-14,16H,6-10,15H2,1H3. The first-order chi connectivity index (χ1) is 8.29. The predicted octanol–water partition coefficient (Wildman–Crippen LogP) is 1.80. The molecule has 1 aromatic rings. The normalized spacial score (nSPS) is 19.2. The largest absolute Gasteiger partial charge is 0.381 e. The summed E-state index contributed by atoms with van der Waals surface area (Å²) in [5.74, 6) is 6.32. The van der Waals surface area contributed by atoms with Crippen LogP contribution in [0.2, 0.25) is 0 Å². The monoisotopic (exact) mass is 234 g/mol. The summed E-state index contributed by atoms with van der Waals surface area (Å²) in [7, 11) is 0. The number of nitrogens with two attached hydrogens (primary N) is 1. The molecule has 3 nitrogen and oxygen atoms in total. The molecule has 0 spiro atoms. The van der Waals surface area contributed by atoms with Gasteiger partial charge in [-0.15, -0.1) is 0 Å². The van der Waals surface area contributed by atoms with Gasteiger partial charge in [0, 0.05) is 19.3 Å². The van der Waals surface area contributed by atoms with Crippen molar-refractivity contribution in [2.24, 2.45) is 11.8 Å². The first kappa shape index (κ1) is 12.6. The molecule has 1 aliphatic heterocycles. The maximum Gasteiger partial charge on any atom is 0.0469 e. The van der Waals surface area contributed by atoms with E-state index in [1.807, 2.05) is 0 Å². The van der Waals surface area contributed by atoms with Crippen LogP contribution >= 0.6 is 0 Å². The lowest BCUT2D eigenvalue weighted by molar-refractivity contribution is 0.0538. The highest BCUT2D eigenvalue weighted by Gasteiger charge is 2.23. The van der Waals surface area contributed by atoms with Gasteiger partial charge in [0.25, 0.3) is 0 Å². The van der Waals surface area contributed by atoms with Gasteiger partial charge in [0.1, 0.15) is 0 Å². The van der Waals surface area contributed by atoms with Crippen molar-refractivity contribution in [3.8, 4) is 0 Å². The fourth-order valence-electron chi connectivity index (χ4n) is 2.46. The SMILES string of the molecule is Cc1ccc(CC(NN)C2CCOCC2)cc1. The minimum atomic E-state index is 0.363. The molecule has 3 heteroatoms. The molecular weight excluding hydrogens is 212 g/mol. The van der Waals surface area contributed by atoms with E-state index in [0.717, 1.165) is 32.5 Å². The summed E-state index contributed by atoms with van der Waals surface area (Å²) in [6, 6.07) is 9.07. The third-order valence-electron chi connectivity index (χ3n) is 3.63. The first-order valence-electron chi connectivity index (χ1n) is 6.39. The van der Waals surface area contributed by atoms with Crippen molar-refractivity contribution in [2.45, 2.75) is 32.2 Å². The molecule has 0 aliphatic carbocycles. The van der Waals surface area contributed by atoms with Crippen LogP contribution in [0.1, 0.15) is 24.0 Å². The average Bonchev–Trinajstić information content (AvgIpc) is 2.39. The van der Waals surface area contributed by atoms with Gasteiger partial charge >= 0.3 is 0 Å². The second-order valence-electron chi connectivity index (χ2n) is 4.91. The van der Waals surface area contributed by atoms with E-state index in [4.69, 9.17) is 10.6 Å². The van der Waals surface area contributed by atoms with E-state index < -0.39 is 0 Å². The number of benzene rings is 1. The maximum absolute atomic E-state index is 5.69. The summed E-state index contributed by atoms with van der Waals surface area (Å²) in [5, 5.41) is 0. The van der Waals surface area contributed by atoms with Crippen molar-refractivity contribution in [2.75, 3.05) is 13.2 Å². The zero-order valence-corrected chi connectivity index (χ0v) is 10.5. The number of nitrogens with one attached hydrogen (secondary N) is 1. The zero-order chi connectivity index (χ0) is 12.1. The number of rotatable bonds is 4. The van der Waals surface area contributed by atoms with Crippen molar-refractivity contribution < 1.29 is 4.74 Å². The summed E-state index contributed by atoms with van der Waals surface area (Å²) in [5.41, 5.74) is 5.63. The summed E-state index contributed by atoms with van der Waals surface area (Å²) < 4.78 is 5.39. The van der Waals surface area contributed by atoms with Crippen LogP contribution in [-0.2, 0) is 11.2 Å². The van der Waals surface area contributed by atoms with Crippen molar-refractivity contribution >= 4 is 0 Å². The van der Waals surface area contributed by atoms with Crippen molar-refractivity contribution in [3.05, 3.63) is 35.4 Å². The Morgan fingerprint density at radius 3 is 2.53 bits per heavy atom. The Kier molecular flexibility index (Phi) is 4.54. The molecule has 3 N–H and O–H groups in total. The summed E-state index contributed by atoms with van der Waals surface area (Å²) in [6.45, 7) is 3.86. The van der Waals surface area contributed by atoms with Gasteiger partial charge in [0.05, 0.1) is 0 Å².